The molecule has 1 aliphatic rings. The number of hydrogen-bond acceptors (Lipinski definition) is 10. The molecule has 4 N–H and O–H groups in total. The molecule has 0 saturated carbocycles. The summed E-state index contributed by atoms with van der Waals surface area (Å²) in [6, 6.07) is 11.1. The number of alkyl halides is 3. The molecule has 204 valence electrons. The molecule has 0 bridgehead atoms. The zero-order valence-electron chi connectivity index (χ0n) is 20.1. The number of aliphatic hydroxyl groups is 1. The zero-order valence-corrected chi connectivity index (χ0v) is 20.9. The van der Waals surface area contributed by atoms with Crippen molar-refractivity contribution in [1.82, 2.24) is 24.5 Å². The Kier molecular flexibility index (Phi) is 6.96. The monoisotopic (exact) mass is 561 g/mol. The van der Waals surface area contributed by atoms with Crippen molar-refractivity contribution in [2.24, 2.45) is 0 Å². The molecule has 11 nitrogen and oxygen atoms in total. The van der Waals surface area contributed by atoms with E-state index in [0.29, 0.717) is 11.9 Å². The lowest BCUT2D eigenvalue weighted by atomic mass is 10.0. The van der Waals surface area contributed by atoms with Gasteiger partial charge in [0.15, 0.2) is 0 Å². The van der Waals surface area contributed by atoms with Gasteiger partial charge in [-0.15, -0.1) is 5.10 Å². The van der Waals surface area contributed by atoms with Crippen molar-refractivity contribution in [2.75, 3.05) is 24.1 Å². The highest BCUT2D eigenvalue weighted by Gasteiger charge is 2.35. The molecule has 1 aliphatic heterocycles. The normalized spacial score (nSPS) is 18.7. The third-order valence-corrected chi connectivity index (χ3v) is 8.09. The first-order valence-electron chi connectivity index (χ1n) is 11.6. The summed E-state index contributed by atoms with van der Waals surface area (Å²) in [5.41, 5.74) is 6.44. The van der Waals surface area contributed by atoms with Crippen LogP contribution in [0, 0.1) is 0 Å². The molecule has 0 aliphatic carbocycles. The standard InChI is InChI=1S/C24H22F3N7O4S/c25-24(26,27)16-3-6-21(30-12-16)31-18-8-10-34(13-20(18)35)39(36,37)17-4-1-14(2-5-17)15-7-9-29-19(11-15)22-32-33-23(28)38-22/h1-7,9,11-12,18,20,35H,8,10,13H2,(H2,28,33)(H,30,31)/t18-,20+/m1/s1. The molecular weight excluding hydrogens is 539 g/mol. The lowest BCUT2D eigenvalue weighted by Gasteiger charge is -2.35. The minimum atomic E-state index is -4.51. The number of aliphatic hydroxyl groups excluding tert-OH is 1. The first-order chi connectivity index (χ1) is 18.5. The summed E-state index contributed by atoms with van der Waals surface area (Å²) in [5.74, 6) is 0.305. The number of pyridine rings is 2. The van der Waals surface area contributed by atoms with Crippen LogP contribution >= 0.6 is 0 Å². The molecule has 3 aromatic heterocycles. The second-order valence-electron chi connectivity index (χ2n) is 8.80. The largest absolute Gasteiger partial charge is 0.417 e. The van der Waals surface area contributed by atoms with Crippen LogP contribution in [-0.4, -0.2) is 63.2 Å². The number of β-amino-alcohol motifs (C(OH)–C–C–N with tert-alkyl or cyclic N) is 1. The van der Waals surface area contributed by atoms with Gasteiger partial charge in [0.2, 0.25) is 10.0 Å². The Hall–Kier alpha value is -4.08. The summed E-state index contributed by atoms with van der Waals surface area (Å²) in [7, 11) is -3.92. The van der Waals surface area contributed by atoms with Crippen molar-refractivity contribution >= 4 is 21.9 Å². The van der Waals surface area contributed by atoms with E-state index in [9.17, 15) is 26.7 Å². The number of sulfonamides is 1. The Labute approximate surface area is 220 Å². The molecule has 2 atom stereocenters. The van der Waals surface area contributed by atoms with Gasteiger partial charge < -0.3 is 20.6 Å². The van der Waals surface area contributed by atoms with Crippen LogP contribution in [0.15, 0.2) is 70.2 Å². The number of anilines is 2. The molecule has 39 heavy (non-hydrogen) atoms. The Morgan fingerprint density at radius 1 is 1.05 bits per heavy atom. The Bertz CT molecular complexity index is 1560. The number of halogens is 3. The summed E-state index contributed by atoms with van der Waals surface area (Å²) in [6.45, 7) is -0.0934. The van der Waals surface area contributed by atoms with Crippen molar-refractivity contribution < 1.29 is 31.1 Å². The van der Waals surface area contributed by atoms with E-state index in [1.54, 1.807) is 30.5 Å². The molecule has 5 rings (SSSR count). The maximum atomic E-state index is 13.2. The van der Waals surface area contributed by atoms with Crippen LogP contribution in [0.5, 0.6) is 0 Å². The SMILES string of the molecule is Nc1nnc(-c2cc(-c3ccc(S(=O)(=O)N4CC[C@@H](Nc5ccc(C(F)(F)F)cn5)[C@@H](O)C4)cc3)ccn2)o1. The first kappa shape index (κ1) is 26.5. The fourth-order valence-electron chi connectivity index (χ4n) is 4.16. The van der Waals surface area contributed by atoms with Crippen LogP contribution in [0.4, 0.5) is 25.0 Å². The van der Waals surface area contributed by atoms with E-state index in [4.69, 9.17) is 10.2 Å². The molecule has 1 saturated heterocycles. The molecule has 4 heterocycles. The van der Waals surface area contributed by atoms with Gasteiger partial charge in [-0.2, -0.15) is 17.5 Å². The van der Waals surface area contributed by atoms with E-state index in [0.717, 1.165) is 17.2 Å². The fraction of sp³-hybridized carbons (Fsp3) is 0.250. The Morgan fingerprint density at radius 2 is 1.82 bits per heavy atom. The highest BCUT2D eigenvalue weighted by Crippen LogP contribution is 2.30. The second-order valence-corrected chi connectivity index (χ2v) is 10.7. The average Bonchev–Trinajstić information content (AvgIpc) is 3.36. The number of hydrogen-bond donors (Lipinski definition) is 3. The smallest absolute Gasteiger partial charge is 0.402 e. The summed E-state index contributed by atoms with van der Waals surface area (Å²) < 4.78 is 71.1. The van der Waals surface area contributed by atoms with Crippen LogP contribution in [0.3, 0.4) is 0 Å². The lowest BCUT2D eigenvalue weighted by Crippen LogP contribution is -2.51. The van der Waals surface area contributed by atoms with Crippen molar-refractivity contribution in [3.05, 3.63) is 66.5 Å². The molecule has 0 spiro atoms. The van der Waals surface area contributed by atoms with Gasteiger partial charge in [0, 0.05) is 25.5 Å². The van der Waals surface area contributed by atoms with Gasteiger partial charge in [-0.25, -0.2) is 13.4 Å². The van der Waals surface area contributed by atoms with Crippen LogP contribution in [-0.2, 0) is 16.2 Å². The minimum Gasteiger partial charge on any atom is -0.402 e. The molecule has 4 aromatic rings. The number of nitrogen functional groups attached to an aromatic ring is 1. The Balaban J connectivity index is 1.25. The summed E-state index contributed by atoms with van der Waals surface area (Å²) in [5, 5.41) is 20.9. The van der Waals surface area contributed by atoms with Gasteiger partial charge in [0.25, 0.3) is 5.89 Å². The lowest BCUT2D eigenvalue weighted by molar-refractivity contribution is -0.137. The maximum Gasteiger partial charge on any atom is 0.417 e. The summed E-state index contributed by atoms with van der Waals surface area (Å²) in [6.07, 6.45) is -3.14. The minimum absolute atomic E-state index is 0.0493. The van der Waals surface area contributed by atoms with Crippen molar-refractivity contribution in [1.29, 1.82) is 0 Å². The van der Waals surface area contributed by atoms with Crippen molar-refractivity contribution in [3.8, 4) is 22.7 Å². The number of nitrogens with one attached hydrogen (secondary N) is 1. The summed E-state index contributed by atoms with van der Waals surface area (Å²) in [4.78, 5) is 7.99. The van der Waals surface area contributed by atoms with Crippen LogP contribution in [0.2, 0.25) is 0 Å². The van der Waals surface area contributed by atoms with Crippen LogP contribution in [0.25, 0.3) is 22.7 Å². The predicted molar refractivity (Wildman–Crippen MR) is 133 cm³/mol. The number of rotatable bonds is 6. The van der Waals surface area contributed by atoms with Gasteiger partial charge >= 0.3 is 12.2 Å². The number of piperidine rings is 1. The highest BCUT2D eigenvalue weighted by atomic mass is 32.2. The highest BCUT2D eigenvalue weighted by molar-refractivity contribution is 7.89. The van der Waals surface area contributed by atoms with E-state index >= 15 is 0 Å². The molecular formula is C24H22F3N7O4S. The molecule has 1 fully saturated rings. The van der Waals surface area contributed by atoms with E-state index in [2.05, 4.69) is 25.5 Å². The molecule has 0 radical (unpaired) electrons. The average molecular weight is 562 g/mol. The van der Waals surface area contributed by atoms with Crippen LogP contribution < -0.4 is 11.1 Å². The second kappa shape index (κ2) is 10.2. The molecule has 1 aromatic carbocycles. The maximum absolute atomic E-state index is 13.2. The number of benzene rings is 1. The van der Waals surface area contributed by atoms with E-state index in [1.165, 1.54) is 22.5 Å². The topological polar surface area (TPSA) is 160 Å². The third kappa shape index (κ3) is 5.69. The third-order valence-electron chi connectivity index (χ3n) is 6.21. The molecule has 15 heteroatoms. The molecule has 0 amide bonds. The predicted octanol–water partition coefficient (Wildman–Crippen LogP) is 3.03. The van der Waals surface area contributed by atoms with E-state index in [1.807, 2.05) is 0 Å². The Morgan fingerprint density at radius 3 is 2.44 bits per heavy atom. The van der Waals surface area contributed by atoms with Gasteiger partial charge in [-0.3, -0.25) is 4.98 Å². The number of nitrogens with two attached hydrogens (primary N) is 1. The fourth-order valence-corrected chi connectivity index (χ4v) is 5.63. The summed E-state index contributed by atoms with van der Waals surface area (Å²) >= 11 is 0. The zero-order chi connectivity index (χ0) is 27.8. The van der Waals surface area contributed by atoms with Gasteiger partial charge in [0.05, 0.1) is 22.6 Å². The van der Waals surface area contributed by atoms with Gasteiger partial charge in [-0.05, 0) is 53.9 Å². The van der Waals surface area contributed by atoms with E-state index < -0.39 is 33.9 Å². The number of nitrogens with zero attached hydrogens (tertiary/aromatic N) is 5. The number of aromatic nitrogens is 4. The first-order valence-corrected chi connectivity index (χ1v) is 13.1. The molecule has 0 unspecified atom stereocenters. The van der Waals surface area contributed by atoms with Gasteiger partial charge in [-0.1, -0.05) is 17.2 Å². The van der Waals surface area contributed by atoms with Crippen LogP contribution in [0.1, 0.15) is 12.0 Å². The van der Waals surface area contributed by atoms with E-state index in [-0.39, 0.29) is 42.1 Å². The van der Waals surface area contributed by atoms with Crippen molar-refractivity contribution in [3.63, 3.8) is 0 Å². The van der Waals surface area contributed by atoms with Crippen molar-refractivity contribution in [2.45, 2.75) is 29.6 Å². The quantitative estimate of drug-likeness (QED) is 0.319. The van der Waals surface area contributed by atoms with Gasteiger partial charge in [0.1, 0.15) is 11.5 Å².